The monoisotopic (exact) mass is 245 g/mol. The largest absolute Gasteiger partial charge is 0.243 e. The Labute approximate surface area is 95.7 Å². The Kier molecular flexibility index (Phi) is 4.44. The normalized spacial score (nSPS) is 13.7. The Bertz CT molecular complexity index is 445. The van der Waals surface area contributed by atoms with Crippen LogP contribution < -0.4 is 4.72 Å². The fraction of sp³-hybridized carbons (Fsp3) is 0.455. The Morgan fingerprint density at radius 3 is 2.56 bits per heavy atom. The number of halogens is 1. The number of nitrogens with one attached hydrogen (secondary N) is 1. The van der Waals surface area contributed by atoms with Crippen molar-refractivity contribution in [3.8, 4) is 0 Å². The van der Waals surface area contributed by atoms with Gasteiger partial charge in [0.2, 0.25) is 10.0 Å². The predicted molar refractivity (Wildman–Crippen MR) is 61.1 cm³/mol. The average Bonchev–Trinajstić information content (AvgIpc) is 2.17. The molecule has 1 rings (SSSR count). The number of rotatable bonds is 5. The van der Waals surface area contributed by atoms with Gasteiger partial charge in [-0.25, -0.2) is 17.5 Å². The van der Waals surface area contributed by atoms with E-state index in [0.717, 1.165) is 18.9 Å². The Balaban J connectivity index is 2.91. The van der Waals surface area contributed by atoms with Crippen molar-refractivity contribution in [2.45, 2.75) is 37.6 Å². The standard InChI is InChI=1S/C11H16FNO2S/c1-3-6-9(2)13-16(14,15)11-8-5-4-7-10(11)12/h4-5,7-9,13H,3,6H2,1-2H3. The van der Waals surface area contributed by atoms with Crippen LogP contribution >= 0.6 is 0 Å². The molecule has 0 fully saturated rings. The molecule has 1 atom stereocenters. The fourth-order valence-electron chi connectivity index (χ4n) is 1.48. The van der Waals surface area contributed by atoms with Crippen LogP contribution in [0.4, 0.5) is 4.39 Å². The maximum absolute atomic E-state index is 13.3. The van der Waals surface area contributed by atoms with Gasteiger partial charge in [-0.15, -0.1) is 0 Å². The van der Waals surface area contributed by atoms with Crippen LogP contribution in [-0.4, -0.2) is 14.5 Å². The molecular formula is C11H16FNO2S. The maximum Gasteiger partial charge on any atom is 0.243 e. The second-order valence-electron chi connectivity index (χ2n) is 3.74. The van der Waals surface area contributed by atoms with Gasteiger partial charge in [-0.3, -0.25) is 0 Å². The molecule has 5 heteroatoms. The Hall–Kier alpha value is -0.940. The second kappa shape index (κ2) is 5.41. The van der Waals surface area contributed by atoms with E-state index in [2.05, 4.69) is 4.72 Å². The van der Waals surface area contributed by atoms with Crippen molar-refractivity contribution in [3.63, 3.8) is 0 Å². The van der Waals surface area contributed by atoms with Gasteiger partial charge in [-0.2, -0.15) is 0 Å². The predicted octanol–water partition coefficient (Wildman–Crippen LogP) is 2.29. The molecule has 0 aromatic heterocycles. The van der Waals surface area contributed by atoms with Gasteiger partial charge in [0.05, 0.1) is 0 Å². The van der Waals surface area contributed by atoms with Crippen molar-refractivity contribution in [1.82, 2.24) is 4.72 Å². The summed E-state index contributed by atoms with van der Waals surface area (Å²) < 4.78 is 39.3. The number of hydrogen-bond acceptors (Lipinski definition) is 2. The maximum atomic E-state index is 13.3. The van der Waals surface area contributed by atoms with Crippen molar-refractivity contribution in [1.29, 1.82) is 0 Å². The lowest BCUT2D eigenvalue weighted by Crippen LogP contribution is -2.32. The first-order chi connectivity index (χ1) is 7.47. The minimum absolute atomic E-state index is 0.186. The molecule has 0 amide bonds. The number of benzene rings is 1. The van der Waals surface area contributed by atoms with Crippen molar-refractivity contribution in [2.75, 3.05) is 0 Å². The van der Waals surface area contributed by atoms with E-state index in [-0.39, 0.29) is 10.9 Å². The molecule has 0 aliphatic carbocycles. The van der Waals surface area contributed by atoms with Crippen LogP contribution in [0.1, 0.15) is 26.7 Å². The molecule has 0 bridgehead atoms. The van der Waals surface area contributed by atoms with Gasteiger partial charge in [0.15, 0.2) is 0 Å². The molecule has 90 valence electrons. The van der Waals surface area contributed by atoms with Crippen LogP contribution in [0.15, 0.2) is 29.2 Å². The van der Waals surface area contributed by atoms with Crippen molar-refractivity contribution < 1.29 is 12.8 Å². The van der Waals surface area contributed by atoms with E-state index in [1.54, 1.807) is 6.92 Å². The van der Waals surface area contributed by atoms with Crippen molar-refractivity contribution in [2.24, 2.45) is 0 Å². The highest BCUT2D eigenvalue weighted by atomic mass is 32.2. The summed E-state index contributed by atoms with van der Waals surface area (Å²) in [7, 11) is -3.74. The number of sulfonamides is 1. The van der Waals surface area contributed by atoms with E-state index in [1.807, 2.05) is 6.92 Å². The van der Waals surface area contributed by atoms with Gasteiger partial charge in [0.1, 0.15) is 10.7 Å². The molecule has 1 aromatic carbocycles. The van der Waals surface area contributed by atoms with E-state index in [9.17, 15) is 12.8 Å². The molecule has 1 unspecified atom stereocenters. The lowest BCUT2D eigenvalue weighted by atomic mass is 10.2. The summed E-state index contributed by atoms with van der Waals surface area (Å²) in [6.07, 6.45) is 1.61. The Morgan fingerprint density at radius 2 is 2.00 bits per heavy atom. The van der Waals surface area contributed by atoms with E-state index in [1.165, 1.54) is 18.2 Å². The highest BCUT2D eigenvalue weighted by molar-refractivity contribution is 7.89. The highest BCUT2D eigenvalue weighted by Gasteiger charge is 2.20. The summed E-state index contributed by atoms with van der Waals surface area (Å²) in [5.74, 6) is -0.723. The van der Waals surface area contributed by atoms with Gasteiger partial charge in [0, 0.05) is 6.04 Å². The lowest BCUT2D eigenvalue weighted by Gasteiger charge is -2.13. The molecule has 3 nitrogen and oxygen atoms in total. The molecule has 0 saturated carbocycles. The third-order valence-electron chi connectivity index (χ3n) is 2.20. The third kappa shape index (κ3) is 3.28. The summed E-state index contributed by atoms with van der Waals surface area (Å²) in [6, 6.07) is 5.18. The number of hydrogen-bond donors (Lipinski definition) is 1. The smallest absolute Gasteiger partial charge is 0.208 e. The van der Waals surface area contributed by atoms with E-state index in [0.29, 0.717) is 0 Å². The van der Waals surface area contributed by atoms with Gasteiger partial charge in [-0.05, 0) is 25.5 Å². The highest BCUT2D eigenvalue weighted by Crippen LogP contribution is 2.14. The molecule has 0 heterocycles. The van der Waals surface area contributed by atoms with Gasteiger partial charge < -0.3 is 0 Å². The average molecular weight is 245 g/mol. The molecule has 0 aliphatic rings. The van der Waals surface area contributed by atoms with Gasteiger partial charge in [0.25, 0.3) is 0 Å². The lowest BCUT2D eigenvalue weighted by molar-refractivity contribution is 0.531. The molecule has 1 N–H and O–H groups in total. The first-order valence-corrected chi connectivity index (χ1v) is 6.72. The van der Waals surface area contributed by atoms with Crippen LogP contribution in [0.2, 0.25) is 0 Å². The Morgan fingerprint density at radius 1 is 1.38 bits per heavy atom. The molecule has 16 heavy (non-hydrogen) atoms. The van der Waals surface area contributed by atoms with Gasteiger partial charge in [-0.1, -0.05) is 25.5 Å². The van der Waals surface area contributed by atoms with E-state index < -0.39 is 15.8 Å². The topological polar surface area (TPSA) is 46.2 Å². The molecule has 1 aromatic rings. The zero-order valence-electron chi connectivity index (χ0n) is 9.40. The summed E-state index contributed by atoms with van der Waals surface area (Å²) in [5, 5.41) is 0. The molecular weight excluding hydrogens is 229 g/mol. The molecule has 0 aliphatic heterocycles. The summed E-state index contributed by atoms with van der Waals surface area (Å²) in [4.78, 5) is -0.294. The van der Waals surface area contributed by atoms with E-state index in [4.69, 9.17) is 0 Å². The van der Waals surface area contributed by atoms with Gasteiger partial charge >= 0.3 is 0 Å². The zero-order chi connectivity index (χ0) is 12.2. The van der Waals surface area contributed by atoms with Crippen LogP contribution in [0.5, 0.6) is 0 Å². The van der Waals surface area contributed by atoms with Crippen LogP contribution in [0, 0.1) is 5.82 Å². The summed E-state index contributed by atoms with van der Waals surface area (Å²) >= 11 is 0. The molecule has 0 spiro atoms. The SMILES string of the molecule is CCCC(C)NS(=O)(=O)c1ccccc1F. The quantitative estimate of drug-likeness (QED) is 0.865. The first kappa shape index (κ1) is 13.1. The first-order valence-electron chi connectivity index (χ1n) is 5.24. The minimum Gasteiger partial charge on any atom is -0.208 e. The summed E-state index contributed by atoms with van der Waals surface area (Å²) in [6.45, 7) is 3.73. The second-order valence-corrected chi connectivity index (χ2v) is 5.42. The van der Waals surface area contributed by atoms with E-state index >= 15 is 0 Å². The zero-order valence-corrected chi connectivity index (χ0v) is 10.2. The van der Waals surface area contributed by atoms with Crippen LogP contribution in [0.25, 0.3) is 0 Å². The fourth-order valence-corrected chi connectivity index (χ4v) is 2.84. The van der Waals surface area contributed by atoms with Crippen molar-refractivity contribution >= 4 is 10.0 Å². The third-order valence-corrected chi connectivity index (χ3v) is 3.83. The molecule has 0 radical (unpaired) electrons. The molecule has 0 saturated heterocycles. The minimum atomic E-state index is -3.74. The van der Waals surface area contributed by atoms with Crippen LogP contribution in [0.3, 0.4) is 0 Å². The van der Waals surface area contributed by atoms with Crippen LogP contribution in [-0.2, 0) is 10.0 Å². The van der Waals surface area contributed by atoms with Crippen molar-refractivity contribution in [3.05, 3.63) is 30.1 Å². The summed E-state index contributed by atoms with van der Waals surface area (Å²) in [5.41, 5.74) is 0.